The van der Waals surface area contributed by atoms with Crippen LogP contribution < -0.4 is 4.74 Å². The summed E-state index contributed by atoms with van der Waals surface area (Å²) < 4.78 is 7.78. The number of hydrogen-bond donors (Lipinski definition) is 0. The Bertz CT molecular complexity index is 833. The van der Waals surface area contributed by atoms with Gasteiger partial charge in [-0.15, -0.1) is 10.2 Å². The highest BCUT2D eigenvalue weighted by Crippen LogP contribution is 2.23. The summed E-state index contributed by atoms with van der Waals surface area (Å²) in [5, 5.41) is 10.1. The van der Waals surface area contributed by atoms with E-state index in [1.807, 2.05) is 41.9 Å². The first-order valence-corrected chi connectivity index (χ1v) is 9.49. The third kappa shape index (κ3) is 4.77. The molecule has 0 fully saturated rings. The number of thioether (sulfide) groups is 1. The lowest BCUT2D eigenvalue weighted by molar-refractivity contribution is 0.290. The van der Waals surface area contributed by atoms with Gasteiger partial charge in [-0.1, -0.05) is 54.6 Å². The normalized spacial score (nSPS) is 10.8. The highest BCUT2D eigenvalue weighted by atomic mass is 35.5. The molecule has 0 saturated heterocycles. The van der Waals surface area contributed by atoms with Gasteiger partial charge in [0.05, 0.1) is 0 Å². The van der Waals surface area contributed by atoms with Crippen LogP contribution in [0.3, 0.4) is 0 Å². The van der Waals surface area contributed by atoms with Crippen molar-refractivity contribution in [2.75, 3.05) is 0 Å². The number of rotatable bonds is 7. The smallest absolute Gasteiger partial charge is 0.191 e. The lowest BCUT2D eigenvalue weighted by Crippen LogP contribution is -2.04. The zero-order chi connectivity index (χ0) is 17.6. The Morgan fingerprint density at radius 1 is 1.08 bits per heavy atom. The Balaban J connectivity index is 1.58. The van der Waals surface area contributed by atoms with Crippen LogP contribution in [0.15, 0.2) is 53.7 Å². The van der Waals surface area contributed by atoms with E-state index in [2.05, 4.69) is 35.3 Å². The molecule has 3 aromatic rings. The largest absolute Gasteiger partial charge is 0.486 e. The minimum Gasteiger partial charge on any atom is -0.486 e. The number of benzene rings is 2. The van der Waals surface area contributed by atoms with Crippen LogP contribution >= 0.6 is 23.4 Å². The molecule has 4 nitrogen and oxygen atoms in total. The van der Waals surface area contributed by atoms with Crippen LogP contribution in [0, 0.1) is 0 Å². The van der Waals surface area contributed by atoms with Gasteiger partial charge in [-0.2, -0.15) is 0 Å². The zero-order valence-corrected chi connectivity index (χ0v) is 15.8. The molecule has 1 heterocycles. The van der Waals surface area contributed by atoms with E-state index < -0.39 is 0 Å². The fourth-order valence-corrected chi connectivity index (χ4v) is 3.43. The van der Waals surface area contributed by atoms with Crippen LogP contribution in [-0.4, -0.2) is 14.8 Å². The van der Waals surface area contributed by atoms with E-state index in [0.29, 0.717) is 6.61 Å². The van der Waals surface area contributed by atoms with Crippen molar-refractivity contribution < 1.29 is 4.74 Å². The van der Waals surface area contributed by atoms with Crippen molar-refractivity contribution in [1.82, 2.24) is 14.8 Å². The summed E-state index contributed by atoms with van der Waals surface area (Å²) >= 11 is 7.65. The molecule has 25 heavy (non-hydrogen) atoms. The predicted octanol–water partition coefficient (Wildman–Crippen LogP) is 4.90. The van der Waals surface area contributed by atoms with Gasteiger partial charge in [0.25, 0.3) is 0 Å². The van der Waals surface area contributed by atoms with E-state index in [0.717, 1.165) is 39.5 Å². The first-order chi connectivity index (χ1) is 12.2. The first kappa shape index (κ1) is 17.8. The van der Waals surface area contributed by atoms with Crippen LogP contribution in [0.2, 0.25) is 5.02 Å². The topological polar surface area (TPSA) is 39.9 Å². The van der Waals surface area contributed by atoms with Gasteiger partial charge < -0.3 is 9.30 Å². The Morgan fingerprint density at radius 3 is 2.60 bits per heavy atom. The standard InChI is InChI=1S/C19H20ClN3OS/c1-3-14-7-9-17(10-8-14)24-12-18-21-22-19(23(18)2)25-13-15-5-4-6-16(20)11-15/h4-11H,3,12-13H2,1-2H3. The number of nitrogens with zero attached hydrogens (tertiary/aromatic N) is 3. The Labute approximate surface area is 157 Å². The number of ether oxygens (including phenoxy) is 1. The van der Waals surface area contributed by atoms with E-state index in [9.17, 15) is 0 Å². The van der Waals surface area contributed by atoms with Gasteiger partial charge in [-0.3, -0.25) is 0 Å². The predicted molar refractivity (Wildman–Crippen MR) is 102 cm³/mol. The second kappa shape index (κ2) is 8.41. The minimum atomic E-state index is 0.396. The van der Waals surface area contributed by atoms with Crippen molar-refractivity contribution in [3.05, 3.63) is 70.5 Å². The number of aryl methyl sites for hydroxylation is 1. The number of halogens is 1. The molecule has 6 heteroatoms. The molecule has 1 aromatic heterocycles. The second-order valence-electron chi connectivity index (χ2n) is 5.66. The molecule has 0 N–H and O–H groups in total. The number of hydrogen-bond acceptors (Lipinski definition) is 4. The highest BCUT2D eigenvalue weighted by molar-refractivity contribution is 7.98. The van der Waals surface area contributed by atoms with E-state index in [1.54, 1.807) is 11.8 Å². The van der Waals surface area contributed by atoms with Crippen molar-refractivity contribution in [3.63, 3.8) is 0 Å². The molecule has 2 aromatic carbocycles. The maximum atomic E-state index is 6.02. The van der Waals surface area contributed by atoms with Gasteiger partial charge in [0.15, 0.2) is 11.0 Å². The van der Waals surface area contributed by atoms with Crippen LogP contribution in [-0.2, 0) is 25.8 Å². The zero-order valence-electron chi connectivity index (χ0n) is 14.3. The minimum absolute atomic E-state index is 0.396. The Kier molecular flexibility index (Phi) is 6.00. The summed E-state index contributed by atoms with van der Waals surface area (Å²) in [6, 6.07) is 16.0. The average Bonchev–Trinajstić information content (AvgIpc) is 2.98. The molecular weight excluding hydrogens is 354 g/mol. The summed E-state index contributed by atoms with van der Waals surface area (Å²) in [7, 11) is 1.96. The maximum absolute atomic E-state index is 6.02. The molecule has 0 atom stereocenters. The van der Waals surface area contributed by atoms with Crippen LogP contribution in [0.4, 0.5) is 0 Å². The maximum Gasteiger partial charge on any atom is 0.191 e. The fraction of sp³-hybridized carbons (Fsp3) is 0.263. The molecular formula is C19H20ClN3OS. The fourth-order valence-electron chi connectivity index (χ4n) is 2.34. The number of aromatic nitrogens is 3. The molecule has 0 spiro atoms. The summed E-state index contributed by atoms with van der Waals surface area (Å²) in [6.07, 6.45) is 1.02. The molecule has 0 aliphatic rings. The van der Waals surface area contributed by atoms with Gasteiger partial charge >= 0.3 is 0 Å². The van der Waals surface area contributed by atoms with Crippen molar-refractivity contribution in [2.45, 2.75) is 30.9 Å². The van der Waals surface area contributed by atoms with Gasteiger partial charge in [-0.05, 0) is 41.8 Å². The van der Waals surface area contributed by atoms with Crippen LogP contribution in [0.25, 0.3) is 0 Å². The van der Waals surface area contributed by atoms with E-state index >= 15 is 0 Å². The van der Waals surface area contributed by atoms with Crippen molar-refractivity contribution in [2.24, 2.45) is 7.05 Å². The van der Waals surface area contributed by atoms with Crippen LogP contribution in [0.1, 0.15) is 23.9 Å². The van der Waals surface area contributed by atoms with E-state index in [-0.39, 0.29) is 0 Å². The quantitative estimate of drug-likeness (QED) is 0.552. The van der Waals surface area contributed by atoms with Gasteiger partial charge in [0, 0.05) is 17.8 Å². The molecule has 0 amide bonds. The van der Waals surface area contributed by atoms with E-state index in [4.69, 9.17) is 16.3 Å². The van der Waals surface area contributed by atoms with Gasteiger partial charge in [0.2, 0.25) is 0 Å². The van der Waals surface area contributed by atoms with Crippen molar-refractivity contribution in [1.29, 1.82) is 0 Å². The summed E-state index contributed by atoms with van der Waals surface area (Å²) in [5.41, 5.74) is 2.46. The molecule has 0 saturated carbocycles. The molecule has 0 bridgehead atoms. The molecule has 0 aliphatic heterocycles. The van der Waals surface area contributed by atoms with Crippen molar-refractivity contribution in [3.8, 4) is 5.75 Å². The molecule has 130 valence electrons. The monoisotopic (exact) mass is 373 g/mol. The SMILES string of the molecule is CCc1ccc(OCc2nnc(SCc3cccc(Cl)c3)n2C)cc1. The molecule has 0 unspecified atom stereocenters. The first-order valence-electron chi connectivity index (χ1n) is 8.13. The lowest BCUT2D eigenvalue weighted by Gasteiger charge is -2.07. The molecule has 0 radical (unpaired) electrons. The van der Waals surface area contributed by atoms with E-state index in [1.165, 1.54) is 5.56 Å². The molecule has 0 aliphatic carbocycles. The Morgan fingerprint density at radius 2 is 1.88 bits per heavy atom. The summed E-state index contributed by atoms with van der Waals surface area (Å²) in [6.45, 7) is 2.53. The average molecular weight is 374 g/mol. The van der Waals surface area contributed by atoms with Gasteiger partial charge in [0.1, 0.15) is 12.4 Å². The second-order valence-corrected chi connectivity index (χ2v) is 7.04. The summed E-state index contributed by atoms with van der Waals surface area (Å²) in [4.78, 5) is 0. The molecule has 3 rings (SSSR count). The van der Waals surface area contributed by atoms with Gasteiger partial charge in [-0.25, -0.2) is 0 Å². The van der Waals surface area contributed by atoms with Crippen molar-refractivity contribution >= 4 is 23.4 Å². The Hall–Kier alpha value is -1.98. The van der Waals surface area contributed by atoms with Crippen LogP contribution in [0.5, 0.6) is 5.75 Å². The third-order valence-electron chi connectivity index (χ3n) is 3.88. The summed E-state index contributed by atoms with van der Waals surface area (Å²) in [5.74, 6) is 2.44. The highest BCUT2D eigenvalue weighted by Gasteiger charge is 2.10. The lowest BCUT2D eigenvalue weighted by atomic mass is 10.2. The third-order valence-corrected chi connectivity index (χ3v) is 5.21.